The minimum absolute atomic E-state index is 0.0769. The van der Waals surface area contributed by atoms with Crippen LogP contribution in [0, 0.1) is 0 Å². The van der Waals surface area contributed by atoms with Gasteiger partial charge in [-0.05, 0) is 31.2 Å². The molecule has 0 saturated carbocycles. The second-order valence-corrected chi connectivity index (χ2v) is 8.36. The van der Waals surface area contributed by atoms with Gasteiger partial charge in [-0.2, -0.15) is 0 Å². The molecule has 2 N–H and O–H groups in total. The van der Waals surface area contributed by atoms with Crippen molar-refractivity contribution in [1.29, 1.82) is 0 Å². The molecule has 1 aliphatic heterocycles. The zero-order chi connectivity index (χ0) is 23.5. The van der Waals surface area contributed by atoms with E-state index in [1.807, 2.05) is 60.7 Å². The number of para-hydroxylation sites is 2. The first-order valence-electron chi connectivity index (χ1n) is 11.3. The van der Waals surface area contributed by atoms with E-state index in [4.69, 9.17) is 0 Å². The number of hydrogen-bond acceptors (Lipinski definition) is 6. The molecule has 8 heteroatoms. The van der Waals surface area contributed by atoms with Crippen LogP contribution in [0.4, 0.5) is 11.4 Å². The summed E-state index contributed by atoms with van der Waals surface area (Å²) >= 11 is 0. The number of benzene rings is 2. The summed E-state index contributed by atoms with van der Waals surface area (Å²) in [5.74, 6) is -0.0464. The van der Waals surface area contributed by atoms with Gasteiger partial charge in [0.2, 0.25) is 11.8 Å². The van der Waals surface area contributed by atoms with Crippen LogP contribution in [-0.4, -0.2) is 91.2 Å². The number of nitrogens with zero attached hydrogens (tertiary/aromatic N) is 3. The highest BCUT2D eigenvalue weighted by molar-refractivity contribution is 5.92. The molecule has 0 bridgehead atoms. The molecule has 2 aromatic rings. The summed E-state index contributed by atoms with van der Waals surface area (Å²) in [5.41, 5.74) is 1.54. The van der Waals surface area contributed by atoms with Crippen molar-refractivity contribution in [3.63, 3.8) is 0 Å². The van der Waals surface area contributed by atoms with Crippen LogP contribution >= 0.6 is 0 Å². The number of amides is 2. The molecule has 0 aliphatic carbocycles. The van der Waals surface area contributed by atoms with Crippen molar-refractivity contribution in [2.24, 2.45) is 0 Å². The Morgan fingerprint density at radius 1 is 0.606 bits per heavy atom. The lowest BCUT2D eigenvalue weighted by Gasteiger charge is -2.25. The van der Waals surface area contributed by atoms with Gasteiger partial charge in [-0.1, -0.05) is 36.4 Å². The Morgan fingerprint density at radius 2 is 0.939 bits per heavy atom. The highest BCUT2D eigenvalue weighted by Crippen LogP contribution is 2.08. The average molecular weight is 452 g/mol. The van der Waals surface area contributed by atoms with Gasteiger partial charge in [-0.25, -0.2) is 0 Å². The first kappa shape index (κ1) is 24.6. The normalized spacial score (nSPS) is 16.3. The molecule has 1 aliphatic rings. The molecule has 1 fully saturated rings. The molecule has 33 heavy (non-hydrogen) atoms. The lowest BCUT2D eigenvalue weighted by molar-refractivity contribution is -0.119. The molecular formula is C25H33N5O3. The Kier molecular flexibility index (Phi) is 9.56. The fourth-order valence-electron chi connectivity index (χ4n) is 3.82. The quantitative estimate of drug-likeness (QED) is 0.637. The topological polar surface area (TPSA) is 85.0 Å². The van der Waals surface area contributed by atoms with E-state index < -0.39 is 0 Å². The van der Waals surface area contributed by atoms with Crippen LogP contribution in [0.1, 0.15) is 6.92 Å². The molecule has 176 valence electrons. The molecular weight excluding hydrogens is 418 g/mol. The summed E-state index contributed by atoms with van der Waals surface area (Å²) in [6, 6.07) is 18.8. The minimum Gasteiger partial charge on any atom is -0.325 e. The number of rotatable bonds is 8. The number of hydrogen-bond donors (Lipinski definition) is 2. The Balaban J connectivity index is 1.59. The maximum atomic E-state index is 12.6. The van der Waals surface area contributed by atoms with Gasteiger partial charge >= 0.3 is 0 Å². The second kappa shape index (κ2) is 12.8. The van der Waals surface area contributed by atoms with Gasteiger partial charge in [0, 0.05) is 50.6 Å². The number of anilines is 2. The Hall–Kier alpha value is -3.07. The van der Waals surface area contributed by atoms with Crippen molar-refractivity contribution >= 4 is 29.0 Å². The number of carbonyl (C=O) groups excluding carboxylic acids is 3. The fourth-order valence-corrected chi connectivity index (χ4v) is 3.82. The molecule has 0 radical (unpaired) electrons. The van der Waals surface area contributed by atoms with Crippen LogP contribution in [0.5, 0.6) is 0 Å². The molecule has 3 rings (SSSR count). The van der Waals surface area contributed by atoms with Crippen molar-refractivity contribution in [2.45, 2.75) is 6.92 Å². The molecule has 8 nitrogen and oxygen atoms in total. The SMILES string of the molecule is CC(=O)CN1CCN(CC(=O)Nc2ccccc2)CCN(CC(=O)Nc2ccccc2)CC1. The molecule has 0 unspecified atom stereocenters. The molecule has 0 spiro atoms. The van der Waals surface area contributed by atoms with Gasteiger partial charge in [0.25, 0.3) is 0 Å². The van der Waals surface area contributed by atoms with Gasteiger partial charge < -0.3 is 10.6 Å². The van der Waals surface area contributed by atoms with Gasteiger partial charge in [0.05, 0.1) is 19.6 Å². The van der Waals surface area contributed by atoms with Gasteiger partial charge in [-0.15, -0.1) is 0 Å². The Labute approximate surface area is 195 Å². The number of carbonyl (C=O) groups is 3. The number of ketones is 1. The number of nitrogens with one attached hydrogen (secondary N) is 2. The summed E-state index contributed by atoms with van der Waals surface area (Å²) in [5, 5.41) is 5.86. The van der Waals surface area contributed by atoms with E-state index in [2.05, 4.69) is 25.3 Å². The Bertz CT molecular complexity index is 839. The van der Waals surface area contributed by atoms with Gasteiger partial charge in [0.1, 0.15) is 5.78 Å². The maximum absolute atomic E-state index is 12.6. The van der Waals surface area contributed by atoms with Crippen LogP contribution in [0.2, 0.25) is 0 Å². The third-order valence-electron chi connectivity index (χ3n) is 5.49. The lowest BCUT2D eigenvalue weighted by Crippen LogP contribution is -2.42. The van der Waals surface area contributed by atoms with E-state index in [0.717, 1.165) is 11.4 Å². The second-order valence-electron chi connectivity index (χ2n) is 8.36. The molecule has 2 aromatic carbocycles. The monoisotopic (exact) mass is 451 g/mol. The first-order chi connectivity index (χ1) is 16.0. The predicted molar refractivity (Wildman–Crippen MR) is 130 cm³/mol. The molecule has 2 amide bonds. The van der Waals surface area contributed by atoms with Crippen LogP contribution in [0.3, 0.4) is 0 Å². The summed E-state index contributed by atoms with van der Waals surface area (Å²) in [7, 11) is 0. The average Bonchev–Trinajstić information content (AvgIpc) is 2.87. The highest BCUT2D eigenvalue weighted by atomic mass is 16.2. The van der Waals surface area contributed by atoms with Crippen molar-refractivity contribution < 1.29 is 14.4 Å². The summed E-state index contributed by atoms with van der Waals surface area (Å²) in [6.45, 7) is 6.55. The van der Waals surface area contributed by atoms with E-state index in [0.29, 0.717) is 45.8 Å². The van der Waals surface area contributed by atoms with Crippen LogP contribution in [0.25, 0.3) is 0 Å². The summed E-state index contributed by atoms with van der Waals surface area (Å²) in [6.07, 6.45) is 0. The van der Waals surface area contributed by atoms with Gasteiger partial charge in [0.15, 0.2) is 0 Å². The van der Waals surface area contributed by atoms with Crippen molar-refractivity contribution in [3.8, 4) is 0 Å². The third-order valence-corrected chi connectivity index (χ3v) is 5.49. The van der Waals surface area contributed by atoms with E-state index >= 15 is 0 Å². The summed E-state index contributed by atoms with van der Waals surface area (Å²) < 4.78 is 0. The standard InChI is InChI=1S/C25H33N5O3/c1-21(31)18-28-12-14-29(19-24(32)26-22-8-4-2-5-9-22)16-17-30(15-13-28)20-25(33)27-23-10-6-3-7-11-23/h2-11H,12-20H2,1H3,(H,26,32)(H,27,33). The first-order valence-corrected chi connectivity index (χ1v) is 11.3. The molecule has 0 aromatic heterocycles. The molecule has 1 saturated heterocycles. The third kappa shape index (κ3) is 9.13. The van der Waals surface area contributed by atoms with Gasteiger partial charge in [-0.3, -0.25) is 29.1 Å². The zero-order valence-corrected chi connectivity index (χ0v) is 19.2. The smallest absolute Gasteiger partial charge is 0.238 e. The largest absolute Gasteiger partial charge is 0.325 e. The fraction of sp³-hybridized carbons (Fsp3) is 0.400. The highest BCUT2D eigenvalue weighted by Gasteiger charge is 2.20. The van der Waals surface area contributed by atoms with E-state index in [1.165, 1.54) is 0 Å². The van der Waals surface area contributed by atoms with Crippen LogP contribution in [0.15, 0.2) is 60.7 Å². The van der Waals surface area contributed by atoms with Crippen molar-refractivity contribution in [3.05, 3.63) is 60.7 Å². The Morgan fingerprint density at radius 3 is 1.27 bits per heavy atom. The minimum atomic E-state index is -0.0769. The van der Waals surface area contributed by atoms with E-state index in [-0.39, 0.29) is 30.7 Å². The van der Waals surface area contributed by atoms with Crippen LogP contribution < -0.4 is 10.6 Å². The van der Waals surface area contributed by atoms with E-state index in [9.17, 15) is 14.4 Å². The number of Topliss-reactive ketones (excluding diaryl/α,β-unsaturated/α-hetero) is 1. The zero-order valence-electron chi connectivity index (χ0n) is 19.2. The van der Waals surface area contributed by atoms with E-state index in [1.54, 1.807) is 6.92 Å². The predicted octanol–water partition coefficient (Wildman–Crippen LogP) is 1.77. The molecule has 1 heterocycles. The van der Waals surface area contributed by atoms with Crippen LogP contribution in [-0.2, 0) is 14.4 Å². The summed E-state index contributed by atoms with van der Waals surface area (Å²) in [4.78, 5) is 43.2. The lowest BCUT2D eigenvalue weighted by atomic mass is 10.3. The van der Waals surface area contributed by atoms with Crippen molar-refractivity contribution in [1.82, 2.24) is 14.7 Å². The maximum Gasteiger partial charge on any atom is 0.238 e. The van der Waals surface area contributed by atoms with Crippen molar-refractivity contribution in [2.75, 3.05) is 69.5 Å². The molecule has 0 atom stereocenters.